The van der Waals surface area contributed by atoms with Crippen molar-refractivity contribution >= 4 is 5.95 Å². The van der Waals surface area contributed by atoms with E-state index in [2.05, 4.69) is 14.9 Å². The first kappa shape index (κ1) is 14.5. The molecule has 0 saturated carbocycles. The molecule has 4 nitrogen and oxygen atoms in total. The summed E-state index contributed by atoms with van der Waals surface area (Å²) in [5.74, 6) is 0.665. The Kier molecular flexibility index (Phi) is 5.55. The van der Waals surface area contributed by atoms with Gasteiger partial charge in [-0.25, -0.2) is 9.37 Å². The monoisotopic (exact) mass is 277 g/mol. The smallest absolute Gasteiger partial charge is 0.202 e. The minimum atomic E-state index is -0.199. The predicted molar refractivity (Wildman–Crippen MR) is 77.3 cm³/mol. The standard InChI is InChI=1S/C15H20FN3O/c1-20-12-2-10-19-11-9-18-15(19)17-8-7-13-3-5-14(16)6-4-13/h3-6,9,11H,2,7-8,10,12H2,1H3,(H,17,18). The molecule has 0 aliphatic heterocycles. The molecule has 1 N–H and O–H groups in total. The Labute approximate surface area is 118 Å². The number of hydrogen-bond donors (Lipinski definition) is 1. The fourth-order valence-electron chi connectivity index (χ4n) is 2.01. The van der Waals surface area contributed by atoms with Gasteiger partial charge in [0.05, 0.1) is 0 Å². The van der Waals surface area contributed by atoms with Crippen LogP contribution in [0.2, 0.25) is 0 Å². The Morgan fingerprint density at radius 2 is 2.10 bits per heavy atom. The summed E-state index contributed by atoms with van der Waals surface area (Å²) in [5.41, 5.74) is 1.11. The summed E-state index contributed by atoms with van der Waals surface area (Å²) in [6, 6.07) is 6.59. The summed E-state index contributed by atoms with van der Waals surface area (Å²) in [5, 5.41) is 3.30. The van der Waals surface area contributed by atoms with Gasteiger partial charge in [-0.15, -0.1) is 0 Å². The Hall–Kier alpha value is -1.88. The first-order valence-corrected chi connectivity index (χ1v) is 6.78. The Morgan fingerprint density at radius 3 is 2.85 bits per heavy atom. The average molecular weight is 277 g/mol. The normalized spacial score (nSPS) is 10.7. The van der Waals surface area contributed by atoms with Gasteiger partial charge in [-0.2, -0.15) is 0 Å². The van der Waals surface area contributed by atoms with Crippen LogP contribution in [-0.4, -0.2) is 29.8 Å². The van der Waals surface area contributed by atoms with Crippen LogP contribution < -0.4 is 5.32 Å². The number of halogens is 1. The Balaban J connectivity index is 1.79. The molecule has 0 unspecified atom stereocenters. The third-order valence-corrected chi connectivity index (χ3v) is 3.07. The zero-order valence-corrected chi connectivity index (χ0v) is 11.7. The van der Waals surface area contributed by atoms with Crippen molar-refractivity contribution in [1.29, 1.82) is 0 Å². The second-order valence-electron chi connectivity index (χ2n) is 4.59. The van der Waals surface area contributed by atoms with E-state index in [0.717, 1.165) is 44.0 Å². The summed E-state index contributed by atoms with van der Waals surface area (Å²) in [6.45, 7) is 2.40. The van der Waals surface area contributed by atoms with Crippen molar-refractivity contribution in [2.24, 2.45) is 0 Å². The fourth-order valence-corrected chi connectivity index (χ4v) is 2.01. The van der Waals surface area contributed by atoms with Crippen LogP contribution in [0.3, 0.4) is 0 Å². The van der Waals surface area contributed by atoms with E-state index in [4.69, 9.17) is 4.74 Å². The topological polar surface area (TPSA) is 39.1 Å². The number of nitrogens with zero attached hydrogens (tertiary/aromatic N) is 2. The molecule has 0 fully saturated rings. The minimum absolute atomic E-state index is 0.199. The summed E-state index contributed by atoms with van der Waals surface area (Å²) in [6.07, 6.45) is 5.54. The largest absolute Gasteiger partial charge is 0.385 e. The first-order valence-electron chi connectivity index (χ1n) is 6.78. The molecule has 2 rings (SSSR count). The molecule has 0 aliphatic carbocycles. The second kappa shape index (κ2) is 7.65. The van der Waals surface area contributed by atoms with Gasteiger partial charge in [0.2, 0.25) is 5.95 Å². The van der Waals surface area contributed by atoms with Gasteiger partial charge < -0.3 is 14.6 Å². The maximum Gasteiger partial charge on any atom is 0.202 e. The molecule has 0 atom stereocenters. The van der Waals surface area contributed by atoms with Crippen LogP contribution in [0.25, 0.3) is 0 Å². The lowest BCUT2D eigenvalue weighted by Crippen LogP contribution is -2.11. The van der Waals surface area contributed by atoms with Crippen LogP contribution in [-0.2, 0) is 17.7 Å². The highest BCUT2D eigenvalue weighted by molar-refractivity contribution is 5.27. The van der Waals surface area contributed by atoms with Gasteiger partial charge in [-0.3, -0.25) is 0 Å². The van der Waals surface area contributed by atoms with Gasteiger partial charge in [-0.1, -0.05) is 12.1 Å². The van der Waals surface area contributed by atoms with Crippen LogP contribution in [0.15, 0.2) is 36.7 Å². The van der Waals surface area contributed by atoms with Crippen LogP contribution in [0.5, 0.6) is 0 Å². The fraction of sp³-hybridized carbons (Fsp3) is 0.400. The number of benzene rings is 1. The van der Waals surface area contributed by atoms with Gasteiger partial charge in [0, 0.05) is 39.2 Å². The summed E-state index contributed by atoms with van der Waals surface area (Å²) in [4.78, 5) is 4.29. The van der Waals surface area contributed by atoms with E-state index in [1.54, 1.807) is 13.3 Å². The number of hydrogen-bond acceptors (Lipinski definition) is 3. The van der Waals surface area contributed by atoms with Crippen LogP contribution in [0, 0.1) is 5.82 Å². The zero-order valence-electron chi connectivity index (χ0n) is 11.7. The predicted octanol–water partition coefficient (Wildman–Crippen LogP) is 2.71. The van der Waals surface area contributed by atoms with Gasteiger partial charge >= 0.3 is 0 Å². The van der Waals surface area contributed by atoms with Crippen molar-refractivity contribution in [2.75, 3.05) is 25.6 Å². The van der Waals surface area contributed by atoms with Crippen molar-refractivity contribution in [3.05, 3.63) is 48.0 Å². The van der Waals surface area contributed by atoms with Crippen molar-refractivity contribution in [1.82, 2.24) is 9.55 Å². The molecule has 1 aromatic carbocycles. The SMILES string of the molecule is COCCCn1ccnc1NCCc1ccc(F)cc1. The van der Waals surface area contributed by atoms with Crippen molar-refractivity contribution in [3.8, 4) is 0 Å². The number of anilines is 1. The molecule has 0 spiro atoms. The molecule has 1 aromatic heterocycles. The molecule has 0 bridgehead atoms. The molecule has 1 heterocycles. The van der Waals surface area contributed by atoms with Crippen molar-refractivity contribution < 1.29 is 9.13 Å². The molecular weight excluding hydrogens is 257 g/mol. The molecule has 0 saturated heterocycles. The van der Waals surface area contributed by atoms with Gasteiger partial charge in [-0.05, 0) is 30.5 Å². The number of nitrogens with one attached hydrogen (secondary N) is 1. The minimum Gasteiger partial charge on any atom is -0.385 e. The molecule has 108 valence electrons. The quantitative estimate of drug-likeness (QED) is 0.754. The van der Waals surface area contributed by atoms with Crippen LogP contribution >= 0.6 is 0 Å². The van der Waals surface area contributed by atoms with E-state index >= 15 is 0 Å². The third-order valence-electron chi connectivity index (χ3n) is 3.07. The molecule has 0 aliphatic rings. The van der Waals surface area contributed by atoms with Crippen molar-refractivity contribution in [3.63, 3.8) is 0 Å². The number of ether oxygens (including phenoxy) is 1. The molecule has 2 aromatic rings. The average Bonchev–Trinajstić information content (AvgIpc) is 2.89. The number of imidazole rings is 1. The number of aromatic nitrogens is 2. The lowest BCUT2D eigenvalue weighted by atomic mass is 10.1. The third kappa shape index (κ3) is 4.35. The van der Waals surface area contributed by atoms with E-state index in [1.165, 1.54) is 12.1 Å². The van der Waals surface area contributed by atoms with Crippen LogP contribution in [0.1, 0.15) is 12.0 Å². The van der Waals surface area contributed by atoms with Gasteiger partial charge in [0.15, 0.2) is 0 Å². The molecule has 5 heteroatoms. The number of rotatable bonds is 8. The van der Waals surface area contributed by atoms with E-state index < -0.39 is 0 Å². The molecule has 20 heavy (non-hydrogen) atoms. The van der Waals surface area contributed by atoms with Crippen LogP contribution in [0.4, 0.5) is 10.3 Å². The van der Waals surface area contributed by atoms with E-state index in [0.29, 0.717) is 0 Å². The highest BCUT2D eigenvalue weighted by Crippen LogP contribution is 2.07. The number of aryl methyl sites for hydroxylation is 1. The molecular formula is C15H20FN3O. The van der Waals surface area contributed by atoms with E-state index in [-0.39, 0.29) is 5.82 Å². The maximum absolute atomic E-state index is 12.8. The lowest BCUT2D eigenvalue weighted by Gasteiger charge is -2.09. The maximum atomic E-state index is 12.8. The molecule has 0 radical (unpaired) electrons. The zero-order chi connectivity index (χ0) is 14.2. The summed E-state index contributed by atoms with van der Waals surface area (Å²) >= 11 is 0. The first-order chi connectivity index (χ1) is 9.79. The Morgan fingerprint density at radius 1 is 1.30 bits per heavy atom. The van der Waals surface area contributed by atoms with Gasteiger partial charge in [0.1, 0.15) is 5.82 Å². The molecule has 0 amide bonds. The highest BCUT2D eigenvalue weighted by Gasteiger charge is 2.02. The Bertz CT molecular complexity index is 510. The highest BCUT2D eigenvalue weighted by atomic mass is 19.1. The summed E-state index contributed by atoms with van der Waals surface area (Å²) < 4.78 is 19.9. The van der Waals surface area contributed by atoms with E-state index in [1.807, 2.05) is 18.3 Å². The second-order valence-corrected chi connectivity index (χ2v) is 4.59. The van der Waals surface area contributed by atoms with Gasteiger partial charge in [0.25, 0.3) is 0 Å². The summed E-state index contributed by atoms with van der Waals surface area (Å²) in [7, 11) is 1.70. The van der Waals surface area contributed by atoms with Crippen molar-refractivity contribution in [2.45, 2.75) is 19.4 Å². The lowest BCUT2D eigenvalue weighted by molar-refractivity contribution is 0.190. The van der Waals surface area contributed by atoms with E-state index in [9.17, 15) is 4.39 Å². The number of methoxy groups -OCH3 is 1.